The molecule has 1 aromatic rings. The second kappa shape index (κ2) is 6.89. The predicted octanol–water partition coefficient (Wildman–Crippen LogP) is 0.948. The summed E-state index contributed by atoms with van der Waals surface area (Å²) in [6.07, 6.45) is -0.432. The average molecular weight is 264 g/mol. The largest absolute Gasteiger partial charge is 0.491 e. The van der Waals surface area contributed by atoms with E-state index in [1.807, 2.05) is 19.1 Å². The molecule has 0 radical (unpaired) electrons. The zero-order valence-corrected chi connectivity index (χ0v) is 11.9. The molecule has 2 N–H and O–H groups in total. The third-order valence-corrected chi connectivity index (χ3v) is 3.44. The zero-order valence-electron chi connectivity index (χ0n) is 11.9. The van der Waals surface area contributed by atoms with Crippen LogP contribution in [0.15, 0.2) is 18.2 Å². The van der Waals surface area contributed by atoms with Crippen LogP contribution < -0.4 is 10.1 Å². The maximum atomic E-state index is 10.0. The SMILES string of the molecule is Cc1ccc(OCC(O)CN2CCNCC2)c(C)c1. The van der Waals surface area contributed by atoms with E-state index in [-0.39, 0.29) is 0 Å². The molecule has 1 aromatic carbocycles. The monoisotopic (exact) mass is 264 g/mol. The van der Waals surface area contributed by atoms with Crippen LogP contribution in [0.4, 0.5) is 0 Å². The lowest BCUT2D eigenvalue weighted by Crippen LogP contribution is -2.47. The number of aliphatic hydroxyl groups is 1. The summed E-state index contributed by atoms with van der Waals surface area (Å²) in [6.45, 7) is 9.15. The van der Waals surface area contributed by atoms with Gasteiger partial charge in [0.05, 0.1) is 0 Å². The number of aliphatic hydroxyl groups excluding tert-OH is 1. The van der Waals surface area contributed by atoms with Crippen LogP contribution in [-0.2, 0) is 0 Å². The molecule has 4 heteroatoms. The highest BCUT2D eigenvalue weighted by Gasteiger charge is 2.14. The molecular weight excluding hydrogens is 240 g/mol. The fourth-order valence-corrected chi connectivity index (χ4v) is 2.39. The van der Waals surface area contributed by atoms with Gasteiger partial charge in [-0.3, -0.25) is 4.90 Å². The topological polar surface area (TPSA) is 44.7 Å². The molecule has 0 aliphatic carbocycles. The van der Waals surface area contributed by atoms with E-state index < -0.39 is 6.10 Å². The first-order valence-electron chi connectivity index (χ1n) is 6.96. The number of benzene rings is 1. The van der Waals surface area contributed by atoms with E-state index in [4.69, 9.17) is 4.74 Å². The van der Waals surface area contributed by atoms with Gasteiger partial charge in [0.15, 0.2) is 0 Å². The number of piperazine rings is 1. The van der Waals surface area contributed by atoms with E-state index in [1.165, 1.54) is 5.56 Å². The number of nitrogens with zero attached hydrogens (tertiary/aromatic N) is 1. The average Bonchev–Trinajstić information content (AvgIpc) is 2.39. The van der Waals surface area contributed by atoms with Gasteiger partial charge in [-0.25, -0.2) is 0 Å². The first-order valence-corrected chi connectivity index (χ1v) is 6.96. The Kier molecular flexibility index (Phi) is 5.19. The van der Waals surface area contributed by atoms with Gasteiger partial charge in [0.1, 0.15) is 18.5 Å². The Bertz CT molecular complexity index is 403. The van der Waals surface area contributed by atoms with Gasteiger partial charge in [-0.1, -0.05) is 17.7 Å². The molecule has 1 aliphatic heterocycles. The third-order valence-electron chi connectivity index (χ3n) is 3.44. The van der Waals surface area contributed by atoms with Crippen LogP contribution in [0.2, 0.25) is 0 Å². The highest BCUT2D eigenvalue weighted by molar-refractivity contribution is 5.35. The van der Waals surface area contributed by atoms with Gasteiger partial charge < -0.3 is 15.2 Å². The van der Waals surface area contributed by atoms with Gasteiger partial charge in [-0.15, -0.1) is 0 Å². The van der Waals surface area contributed by atoms with Gasteiger partial charge in [0.25, 0.3) is 0 Å². The van der Waals surface area contributed by atoms with Crippen molar-refractivity contribution in [2.24, 2.45) is 0 Å². The molecule has 1 heterocycles. The maximum Gasteiger partial charge on any atom is 0.122 e. The molecule has 1 saturated heterocycles. The van der Waals surface area contributed by atoms with Crippen LogP contribution in [0.5, 0.6) is 5.75 Å². The Morgan fingerprint density at radius 3 is 2.74 bits per heavy atom. The van der Waals surface area contributed by atoms with Gasteiger partial charge in [0, 0.05) is 32.7 Å². The number of nitrogens with one attached hydrogen (secondary N) is 1. The molecule has 1 fully saturated rings. The Morgan fingerprint density at radius 2 is 2.05 bits per heavy atom. The summed E-state index contributed by atoms with van der Waals surface area (Å²) in [5.74, 6) is 0.866. The number of β-amino-alcohol motifs (C(OH)–C–C–N with tert-alkyl or cyclic N) is 1. The molecule has 2 rings (SSSR count). The second-order valence-electron chi connectivity index (χ2n) is 5.28. The molecule has 1 aliphatic rings. The maximum absolute atomic E-state index is 10.0. The smallest absolute Gasteiger partial charge is 0.122 e. The van der Waals surface area contributed by atoms with Crippen molar-refractivity contribution in [3.05, 3.63) is 29.3 Å². The molecule has 1 unspecified atom stereocenters. The van der Waals surface area contributed by atoms with Crippen molar-refractivity contribution in [1.82, 2.24) is 10.2 Å². The summed E-state index contributed by atoms with van der Waals surface area (Å²) in [5, 5.41) is 13.3. The van der Waals surface area contributed by atoms with Gasteiger partial charge in [-0.2, -0.15) is 0 Å². The molecule has 4 nitrogen and oxygen atoms in total. The summed E-state index contributed by atoms with van der Waals surface area (Å²) in [4.78, 5) is 2.27. The Hall–Kier alpha value is -1.10. The van der Waals surface area contributed by atoms with Crippen molar-refractivity contribution in [1.29, 1.82) is 0 Å². The van der Waals surface area contributed by atoms with E-state index >= 15 is 0 Å². The Morgan fingerprint density at radius 1 is 1.32 bits per heavy atom. The Balaban J connectivity index is 1.77. The molecule has 0 bridgehead atoms. The third kappa shape index (κ3) is 4.49. The van der Waals surface area contributed by atoms with Gasteiger partial charge >= 0.3 is 0 Å². The summed E-state index contributed by atoms with van der Waals surface area (Å²) in [5.41, 5.74) is 2.35. The van der Waals surface area contributed by atoms with Crippen molar-refractivity contribution < 1.29 is 9.84 Å². The van der Waals surface area contributed by atoms with E-state index in [0.717, 1.165) is 37.5 Å². The molecule has 0 spiro atoms. The molecule has 0 aromatic heterocycles. The molecular formula is C15H24N2O2. The normalized spacial score (nSPS) is 18.3. The molecule has 19 heavy (non-hydrogen) atoms. The van der Waals surface area contributed by atoms with Crippen molar-refractivity contribution in [2.45, 2.75) is 20.0 Å². The van der Waals surface area contributed by atoms with Crippen LogP contribution in [0.1, 0.15) is 11.1 Å². The fourth-order valence-electron chi connectivity index (χ4n) is 2.39. The van der Waals surface area contributed by atoms with Crippen LogP contribution in [0, 0.1) is 13.8 Å². The van der Waals surface area contributed by atoms with E-state index in [2.05, 4.69) is 23.2 Å². The highest BCUT2D eigenvalue weighted by Crippen LogP contribution is 2.18. The van der Waals surface area contributed by atoms with E-state index in [1.54, 1.807) is 0 Å². The lowest BCUT2D eigenvalue weighted by Gasteiger charge is -2.29. The molecule has 106 valence electrons. The quantitative estimate of drug-likeness (QED) is 0.831. The van der Waals surface area contributed by atoms with E-state index in [0.29, 0.717) is 13.2 Å². The zero-order chi connectivity index (χ0) is 13.7. The standard InChI is InChI=1S/C15H24N2O2/c1-12-3-4-15(13(2)9-12)19-11-14(18)10-17-7-5-16-6-8-17/h3-4,9,14,16,18H,5-8,10-11H2,1-2H3. The number of hydrogen-bond acceptors (Lipinski definition) is 4. The van der Waals surface area contributed by atoms with Crippen LogP contribution in [-0.4, -0.2) is 55.4 Å². The summed E-state index contributed by atoms with van der Waals surface area (Å²) in [6, 6.07) is 6.10. The van der Waals surface area contributed by atoms with Crippen molar-refractivity contribution in [3.8, 4) is 5.75 Å². The second-order valence-corrected chi connectivity index (χ2v) is 5.28. The summed E-state index contributed by atoms with van der Waals surface area (Å²) in [7, 11) is 0. The fraction of sp³-hybridized carbons (Fsp3) is 0.600. The van der Waals surface area contributed by atoms with Crippen LogP contribution >= 0.6 is 0 Å². The van der Waals surface area contributed by atoms with E-state index in [9.17, 15) is 5.11 Å². The van der Waals surface area contributed by atoms with Crippen molar-refractivity contribution >= 4 is 0 Å². The van der Waals surface area contributed by atoms with Crippen molar-refractivity contribution in [3.63, 3.8) is 0 Å². The summed E-state index contributed by atoms with van der Waals surface area (Å²) >= 11 is 0. The minimum Gasteiger partial charge on any atom is -0.491 e. The minimum absolute atomic E-state index is 0.355. The lowest BCUT2D eigenvalue weighted by atomic mass is 10.1. The van der Waals surface area contributed by atoms with Gasteiger partial charge in [0.2, 0.25) is 0 Å². The predicted molar refractivity (Wildman–Crippen MR) is 76.7 cm³/mol. The van der Waals surface area contributed by atoms with Crippen molar-refractivity contribution in [2.75, 3.05) is 39.3 Å². The highest BCUT2D eigenvalue weighted by atomic mass is 16.5. The number of hydrogen-bond donors (Lipinski definition) is 2. The number of aryl methyl sites for hydroxylation is 2. The number of ether oxygens (including phenoxy) is 1. The molecule has 0 amide bonds. The first kappa shape index (κ1) is 14.3. The molecule has 0 saturated carbocycles. The Labute approximate surface area is 115 Å². The van der Waals surface area contributed by atoms with Crippen LogP contribution in [0.25, 0.3) is 0 Å². The van der Waals surface area contributed by atoms with Crippen LogP contribution in [0.3, 0.4) is 0 Å². The minimum atomic E-state index is -0.432. The molecule has 1 atom stereocenters. The first-order chi connectivity index (χ1) is 9.15. The summed E-state index contributed by atoms with van der Waals surface area (Å²) < 4.78 is 5.70. The van der Waals surface area contributed by atoms with Gasteiger partial charge in [-0.05, 0) is 25.5 Å². The lowest BCUT2D eigenvalue weighted by molar-refractivity contribution is 0.0639. The number of rotatable bonds is 5.